The van der Waals surface area contributed by atoms with Gasteiger partial charge in [-0.25, -0.2) is 9.67 Å². The third-order valence-corrected chi connectivity index (χ3v) is 4.65. The SMILES string of the molecule is CC(C(=O)Nc1ccc(NC(=O)COc2ccc(Cl)c(Cl)c2)cc1)n1cncn1. The average molecular weight is 434 g/mol. The number of carbonyl (C=O) groups is 2. The number of ether oxygens (including phenoxy) is 1. The largest absolute Gasteiger partial charge is 0.484 e. The first kappa shape index (κ1) is 20.6. The van der Waals surface area contributed by atoms with Gasteiger partial charge >= 0.3 is 0 Å². The highest BCUT2D eigenvalue weighted by atomic mass is 35.5. The van der Waals surface area contributed by atoms with Crippen LogP contribution < -0.4 is 15.4 Å². The van der Waals surface area contributed by atoms with Crippen molar-refractivity contribution in [2.24, 2.45) is 0 Å². The van der Waals surface area contributed by atoms with E-state index in [-0.39, 0.29) is 18.4 Å². The number of nitrogens with one attached hydrogen (secondary N) is 2. The number of carbonyl (C=O) groups excluding carboxylic acids is 2. The number of halogens is 2. The Morgan fingerprint density at radius 3 is 2.38 bits per heavy atom. The highest BCUT2D eigenvalue weighted by molar-refractivity contribution is 6.42. The standard InChI is InChI=1S/C19H17Cl2N5O3/c1-12(26-11-22-10-23-26)19(28)25-14-4-2-13(3-5-14)24-18(27)9-29-15-6-7-16(20)17(21)8-15/h2-8,10-12H,9H2,1H3,(H,24,27)(H,25,28). The molecule has 2 amide bonds. The summed E-state index contributed by atoms with van der Waals surface area (Å²) < 4.78 is 6.84. The molecule has 1 unspecified atom stereocenters. The first-order valence-corrected chi connectivity index (χ1v) is 9.30. The first-order chi connectivity index (χ1) is 13.9. The normalized spacial score (nSPS) is 11.6. The lowest BCUT2D eigenvalue weighted by atomic mass is 10.2. The van der Waals surface area contributed by atoms with Crippen LogP contribution in [0.3, 0.4) is 0 Å². The van der Waals surface area contributed by atoms with Crippen LogP contribution in [0.2, 0.25) is 10.0 Å². The Kier molecular flexibility index (Phi) is 6.69. The van der Waals surface area contributed by atoms with Crippen molar-refractivity contribution in [1.29, 1.82) is 0 Å². The van der Waals surface area contributed by atoms with Crippen molar-refractivity contribution >= 4 is 46.4 Å². The molecule has 0 bridgehead atoms. The van der Waals surface area contributed by atoms with E-state index < -0.39 is 6.04 Å². The van der Waals surface area contributed by atoms with Crippen molar-refractivity contribution in [2.45, 2.75) is 13.0 Å². The van der Waals surface area contributed by atoms with Gasteiger partial charge in [0.05, 0.1) is 10.0 Å². The molecule has 3 aromatic rings. The van der Waals surface area contributed by atoms with Gasteiger partial charge in [0.1, 0.15) is 24.4 Å². The van der Waals surface area contributed by atoms with Gasteiger partial charge < -0.3 is 15.4 Å². The zero-order chi connectivity index (χ0) is 20.8. The maximum atomic E-state index is 12.2. The number of aromatic nitrogens is 3. The number of rotatable bonds is 7. The van der Waals surface area contributed by atoms with Gasteiger partial charge in [0.25, 0.3) is 5.91 Å². The van der Waals surface area contributed by atoms with Crippen LogP contribution in [0.25, 0.3) is 0 Å². The van der Waals surface area contributed by atoms with Gasteiger partial charge in [-0.1, -0.05) is 23.2 Å². The molecular formula is C19H17Cl2N5O3. The molecule has 0 fully saturated rings. The van der Waals surface area contributed by atoms with Gasteiger partial charge in [0.15, 0.2) is 6.61 Å². The van der Waals surface area contributed by atoms with E-state index in [9.17, 15) is 9.59 Å². The Bertz CT molecular complexity index is 994. The lowest BCUT2D eigenvalue weighted by Gasteiger charge is -2.12. The Morgan fingerprint density at radius 1 is 1.07 bits per heavy atom. The number of amides is 2. The molecule has 0 saturated heterocycles. The highest BCUT2D eigenvalue weighted by Gasteiger charge is 2.15. The molecule has 0 radical (unpaired) electrons. The molecule has 150 valence electrons. The summed E-state index contributed by atoms with van der Waals surface area (Å²) in [7, 11) is 0. The van der Waals surface area contributed by atoms with Crippen molar-refractivity contribution in [3.8, 4) is 5.75 Å². The minimum absolute atomic E-state index is 0.189. The maximum absolute atomic E-state index is 12.2. The molecule has 1 heterocycles. The van der Waals surface area contributed by atoms with Crippen LogP contribution in [-0.2, 0) is 9.59 Å². The van der Waals surface area contributed by atoms with Crippen LogP contribution in [0.1, 0.15) is 13.0 Å². The summed E-state index contributed by atoms with van der Waals surface area (Å²) in [6.07, 6.45) is 2.84. The van der Waals surface area contributed by atoms with Gasteiger partial charge in [-0.2, -0.15) is 5.10 Å². The van der Waals surface area contributed by atoms with E-state index in [2.05, 4.69) is 20.7 Å². The predicted molar refractivity (Wildman–Crippen MR) is 110 cm³/mol. The molecule has 0 aliphatic carbocycles. The van der Waals surface area contributed by atoms with Crippen molar-refractivity contribution in [3.63, 3.8) is 0 Å². The smallest absolute Gasteiger partial charge is 0.262 e. The van der Waals surface area contributed by atoms with E-state index in [0.29, 0.717) is 27.2 Å². The van der Waals surface area contributed by atoms with Crippen molar-refractivity contribution in [1.82, 2.24) is 14.8 Å². The van der Waals surface area contributed by atoms with Crippen LogP contribution in [0.15, 0.2) is 55.1 Å². The van der Waals surface area contributed by atoms with E-state index in [0.717, 1.165) is 0 Å². The molecule has 8 nitrogen and oxygen atoms in total. The van der Waals surface area contributed by atoms with E-state index in [1.165, 1.54) is 23.4 Å². The second-order valence-corrected chi connectivity index (χ2v) is 6.85. The molecule has 1 atom stereocenters. The monoisotopic (exact) mass is 433 g/mol. The van der Waals surface area contributed by atoms with Gasteiger partial charge in [-0.05, 0) is 43.3 Å². The molecule has 0 spiro atoms. The molecule has 3 rings (SSSR count). The Balaban J connectivity index is 1.50. The van der Waals surface area contributed by atoms with Gasteiger partial charge in [0, 0.05) is 17.4 Å². The lowest BCUT2D eigenvalue weighted by molar-refractivity contribution is -0.119. The van der Waals surface area contributed by atoms with E-state index >= 15 is 0 Å². The average Bonchev–Trinajstić information content (AvgIpc) is 3.24. The van der Waals surface area contributed by atoms with Crippen molar-refractivity contribution in [3.05, 3.63) is 65.2 Å². The van der Waals surface area contributed by atoms with E-state index in [1.807, 2.05) is 0 Å². The molecule has 2 aromatic carbocycles. The second kappa shape index (κ2) is 9.40. The minimum atomic E-state index is -0.504. The topological polar surface area (TPSA) is 98.1 Å². The number of hydrogen-bond donors (Lipinski definition) is 2. The van der Waals surface area contributed by atoms with Crippen LogP contribution >= 0.6 is 23.2 Å². The van der Waals surface area contributed by atoms with Crippen LogP contribution in [0.4, 0.5) is 11.4 Å². The fourth-order valence-electron chi connectivity index (χ4n) is 2.33. The summed E-state index contributed by atoms with van der Waals surface area (Å²) >= 11 is 11.7. The first-order valence-electron chi connectivity index (χ1n) is 8.55. The van der Waals surface area contributed by atoms with Crippen LogP contribution in [0.5, 0.6) is 5.75 Å². The van der Waals surface area contributed by atoms with Gasteiger partial charge in [0.2, 0.25) is 5.91 Å². The zero-order valence-electron chi connectivity index (χ0n) is 15.3. The third-order valence-electron chi connectivity index (χ3n) is 3.91. The number of benzene rings is 2. The number of hydrogen-bond acceptors (Lipinski definition) is 5. The Morgan fingerprint density at radius 2 is 1.76 bits per heavy atom. The molecule has 2 N–H and O–H groups in total. The van der Waals surface area contributed by atoms with E-state index in [4.69, 9.17) is 27.9 Å². The highest BCUT2D eigenvalue weighted by Crippen LogP contribution is 2.26. The van der Waals surface area contributed by atoms with Crippen molar-refractivity contribution in [2.75, 3.05) is 17.2 Å². The van der Waals surface area contributed by atoms with E-state index in [1.54, 1.807) is 43.3 Å². The molecule has 0 aliphatic rings. The molecule has 1 aromatic heterocycles. The van der Waals surface area contributed by atoms with Crippen LogP contribution in [0, 0.1) is 0 Å². The fourth-order valence-corrected chi connectivity index (χ4v) is 2.62. The molecular weight excluding hydrogens is 417 g/mol. The molecule has 0 aliphatic heterocycles. The Labute approximate surface area is 176 Å². The Hall–Kier alpha value is -3.10. The molecule has 10 heteroatoms. The summed E-state index contributed by atoms with van der Waals surface area (Å²) in [4.78, 5) is 28.1. The maximum Gasteiger partial charge on any atom is 0.262 e. The number of anilines is 2. The number of nitrogens with zero attached hydrogens (tertiary/aromatic N) is 3. The summed E-state index contributed by atoms with van der Waals surface area (Å²) in [6.45, 7) is 1.53. The van der Waals surface area contributed by atoms with Gasteiger partial charge in [-0.15, -0.1) is 0 Å². The molecule has 0 saturated carbocycles. The fraction of sp³-hybridized carbons (Fsp3) is 0.158. The summed E-state index contributed by atoms with van der Waals surface area (Å²) in [5, 5.41) is 10.2. The summed E-state index contributed by atoms with van der Waals surface area (Å²) in [5.41, 5.74) is 1.15. The zero-order valence-corrected chi connectivity index (χ0v) is 16.8. The van der Waals surface area contributed by atoms with Crippen LogP contribution in [-0.4, -0.2) is 33.2 Å². The minimum Gasteiger partial charge on any atom is -0.484 e. The van der Waals surface area contributed by atoms with Gasteiger partial charge in [-0.3, -0.25) is 9.59 Å². The summed E-state index contributed by atoms with van der Waals surface area (Å²) in [5.74, 6) is -0.135. The molecule has 29 heavy (non-hydrogen) atoms. The summed E-state index contributed by atoms with van der Waals surface area (Å²) in [6, 6.07) is 11.0. The lowest BCUT2D eigenvalue weighted by Crippen LogP contribution is -2.24. The quantitative estimate of drug-likeness (QED) is 0.590. The predicted octanol–water partition coefficient (Wildman–Crippen LogP) is 3.80. The third kappa shape index (κ3) is 5.69. The second-order valence-electron chi connectivity index (χ2n) is 6.03. The van der Waals surface area contributed by atoms with Crippen molar-refractivity contribution < 1.29 is 14.3 Å².